The Morgan fingerprint density at radius 1 is 1.27 bits per heavy atom. The highest BCUT2D eigenvalue weighted by molar-refractivity contribution is 6.08. The highest BCUT2D eigenvalue weighted by Gasteiger charge is 2.45. The first-order chi connectivity index (χ1) is 6.86. The maximum absolute atomic E-state index is 10.9. The van der Waals surface area contributed by atoms with E-state index in [-0.39, 0.29) is 0 Å². The highest BCUT2D eigenvalue weighted by Crippen LogP contribution is 2.09. The summed E-state index contributed by atoms with van der Waals surface area (Å²) in [5.41, 5.74) is -2.37. The van der Waals surface area contributed by atoms with Crippen molar-refractivity contribution in [1.82, 2.24) is 5.32 Å². The van der Waals surface area contributed by atoms with Gasteiger partial charge in [0.05, 0.1) is 0 Å². The third-order valence-electron chi connectivity index (χ3n) is 1.65. The van der Waals surface area contributed by atoms with Crippen LogP contribution in [0.15, 0.2) is 12.2 Å². The van der Waals surface area contributed by atoms with Crippen molar-refractivity contribution in [2.45, 2.75) is 25.8 Å². The lowest BCUT2D eigenvalue weighted by molar-refractivity contribution is -0.157. The summed E-state index contributed by atoms with van der Waals surface area (Å²) in [4.78, 5) is 32.5. The summed E-state index contributed by atoms with van der Waals surface area (Å²) in [5, 5.41) is 19.5. The predicted molar refractivity (Wildman–Crippen MR) is 51.3 cm³/mol. The van der Waals surface area contributed by atoms with E-state index >= 15 is 0 Å². The Bertz CT molecular complexity index is 294. The molecule has 0 aliphatic heterocycles. The molecule has 0 spiro atoms. The maximum Gasteiger partial charge on any atom is 0.345 e. The number of amides is 1. The molecule has 0 saturated heterocycles. The van der Waals surface area contributed by atoms with Gasteiger partial charge in [0.15, 0.2) is 0 Å². The van der Waals surface area contributed by atoms with Crippen molar-refractivity contribution in [2.24, 2.45) is 0 Å². The van der Waals surface area contributed by atoms with Gasteiger partial charge >= 0.3 is 11.9 Å². The van der Waals surface area contributed by atoms with Gasteiger partial charge in [-0.25, -0.2) is 9.59 Å². The number of nitrogens with one attached hydrogen (secondary N) is 1. The predicted octanol–water partition coefficient (Wildman–Crippen LogP) is -0.00330. The van der Waals surface area contributed by atoms with Crippen LogP contribution in [0.2, 0.25) is 0 Å². The molecule has 0 aromatic carbocycles. The highest BCUT2D eigenvalue weighted by atomic mass is 16.4. The SMILES string of the molecule is CC/C=C/C(NC(C)=O)(C(=O)O)C(=O)O. The molecule has 0 radical (unpaired) electrons. The van der Waals surface area contributed by atoms with Crippen molar-refractivity contribution in [3.63, 3.8) is 0 Å². The first-order valence-electron chi connectivity index (χ1n) is 4.30. The fourth-order valence-electron chi connectivity index (χ4n) is 0.955. The number of hydrogen-bond acceptors (Lipinski definition) is 3. The number of hydrogen-bond donors (Lipinski definition) is 3. The molecule has 0 saturated carbocycles. The normalized spacial score (nSPS) is 11.3. The minimum atomic E-state index is -2.37. The van der Waals surface area contributed by atoms with E-state index in [1.165, 1.54) is 6.08 Å². The van der Waals surface area contributed by atoms with Gasteiger partial charge in [0.25, 0.3) is 5.54 Å². The van der Waals surface area contributed by atoms with E-state index in [0.717, 1.165) is 13.0 Å². The second-order valence-corrected chi connectivity index (χ2v) is 2.91. The summed E-state index contributed by atoms with van der Waals surface area (Å²) in [7, 11) is 0. The number of rotatable bonds is 5. The number of carbonyl (C=O) groups is 3. The molecule has 0 atom stereocenters. The molecule has 0 bridgehead atoms. The smallest absolute Gasteiger partial charge is 0.345 e. The van der Waals surface area contributed by atoms with Gasteiger partial charge < -0.3 is 15.5 Å². The summed E-state index contributed by atoms with van der Waals surface area (Å²) in [6.45, 7) is 2.78. The van der Waals surface area contributed by atoms with Gasteiger partial charge in [-0.05, 0) is 12.5 Å². The second-order valence-electron chi connectivity index (χ2n) is 2.91. The maximum atomic E-state index is 10.9. The van der Waals surface area contributed by atoms with Crippen molar-refractivity contribution >= 4 is 17.8 Å². The largest absolute Gasteiger partial charge is 0.479 e. The Morgan fingerprint density at radius 3 is 2.00 bits per heavy atom. The van der Waals surface area contributed by atoms with Crippen LogP contribution >= 0.6 is 0 Å². The Hall–Kier alpha value is -1.85. The zero-order valence-corrected chi connectivity index (χ0v) is 8.48. The van der Waals surface area contributed by atoms with Crippen molar-refractivity contribution in [3.05, 3.63) is 12.2 Å². The van der Waals surface area contributed by atoms with Crippen LogP contribution in [0.5, 0.6) is 0 Å². The summed E-state index contributed by atoms with van der Waals surface area (Å²) < 4.78 is 0. The second kappa shape index (κ2) is 5.14. The summed E-state index contributed by atoms with van der Waals surface area (Å²) in [6, 6.07) is 0. The van der Waals surface area contributed by atoms with Gasteiger partial charge in [-0.1, -0.05) is 13.0 Å². The Balaban J connectivity index is 5.26. The van der Waals surface area contributed by atoms with E-state index in [9.17, 15) is 14.4 Å². The van der Waals surface area contributed by atoms with E-state index in [4.69, 9.17) is 10.2 Å². The zero-order valence-electron chi connectivity index (χ0n) is 8.48. The van der Waals surface area contributed by atoms with Crippen LogP contribution in [0.1, 0.15) is 20.3 Å². The molecule has 0 aromatic heterocycles. The lowest BCUT2D eigenvalue weighted by atomic mass is 9.99. The molecule has 0 aliphatic carbocycles. The van der Waals surface area contributed by atoms with Gasteiger partial charge in [0, 0.05) is 6.92 Å². The fourth-order valence-corrected chi connectivity index (χ4v) is 0.955. The lowest BCUT2D eigenvalue weighted by Crippen LogP contribution is -2.58. The Morgan fingerprint density at radius 2 is 1.73 bits per heavy atom. The molecule has 15 heavy (non-hydrogen) atoms. The van der Waals surface area contributed by atoms with Crippen LogP contribution in [-0.2, 0) is 14.4 Å². The molecular weight excluding hydrogens is 202 g/mol. The lowest BCUT2D eigenvalue weighted by Gasteiger charge is -2.21. The average Bonchev–Trinajstić information content (AvgIpc) is 2.10. The molecule has 1 amide bonds. The van der Waals surface area contributed by atoms with Crippen molar-refractivity contribution < 1.29 is 24.6 Å². The molecule has 0 rings (SSSR count). The van der Waals surface area contributed by atoms with Gasteiger partial charge in [-0.3, -0.25) is 4.79 Å². The molecule has 0 fully saturated rings. The molecule has 3 N–H and O–H groups in total. The number of carbonyl (C=O) groups excluding carboxylic acids is 1. The number of allylic oxidation sites excluding steroid dienone is 1. The van der Waals surface area contributed by atoms with E-state index in [1.54, 1.807) is 6.92 Å². The van der Waals surface area contributed by atoms with E-state index in [2.05, 4.69) is 0 Å². The van der Waals surface area contributed by atoms with Crippen molar-refractivity contribution in [1.29, 1.82) is 0 Å². The molecule has 0 unspecified atom stereocenters. The van der Waals surface area contributed by atoms with E-state index < -0.39 is 23.4 Å². The minimum absolute atomic E-state index is 0.474. The van der Waals surface area contributed by atoms with Crippen LogP contribution in [0.4, 0.5) is 0 Å². The van der Waals surface area contributed by atoms with Crippen LogP contribution in [0.3, 0.4) is 0 Å². The van der Waals surface area contributed by atoms with E-state index in [1.807, 2.05) is 5.32 Å². The number of carboxylic acid groups (broad SMARTS) is 2. The average molecular weight is 215 g/mol. The van der Waals surface area contributed by atoms with Crippen LogP contribution in [-0.4, -0.2) is 33.6 Å². The molecule has 6 heteroatoms. The van der Waals surface area contributed by atoms with E-state index in [0.29, 0.717) is 6.42 Å². The van der Waals surface area contributed by atoms with Crippen molar-refractivity contribution in [3.8, 4) is 0 Å². The quantitative estimate of drug-likeness (QED) is 0.442. The molecule has 6 nitrogen and oxygen atoms in total. The number of carboxylic acids is 2. The fraction of sp³-hybridized carbons (Fsp3) is 0.444. The first kappa shape index (κ1) is 13.2. The van der Waals surface area contributed by atoms with Crippen LogP contribution in [0, 0.1) is 0 Å². The number of aliphatic carboxylic acids is 2. The standard InChI is InChI=1S/C9H13NO5/c1-3-4-5-9(7(12)13,8(14)15)10-6(2)11/h4-5H,3H2,1-2H3,(H,10,11)(H,12,13)(H,14,15)/b5-4+. The van der Waals surface area contributed by atoms with Crippen LogP contribution < -0.4 is 5.32 Å². The summed E-state index contributed by atoms with van der Waals surface area (Å²) >= 11 is 0. The summed E-state index contributed by atoms with van der Waals surface area (Å²) in [6.07, 6.45) is 2.80. The Labute approximate surface area is 86.6 Å². The van der Waals surface area contributed by atoms with Gasteiger partial charge in [-0.15, -0.1) is 0 Å². The van der Waals surface area contributed by atoms with Gasteiger partial charge in [0.2, 0.25) is 5.91 Å². The third kappa shape index (κ3) is 3.08. The van der Waals surface area contributed by atoms with Crippen LogP contribution in [0.25, 0.3) is 0 Å². The van der Waals surface area contributed by atoms with Gasteiger partial charge in [0.1, 0.15) is 0 Å². The molecule has 0 heterocycles. The third-order valence-corrected chi connectivity index (χ3v) is 1.65. The molecular formula is C9H13NO5. The topological polar surface area (TPSA) is 104 Å². The molecule has 84 valence electrons. The molecule has 0 aromatic rings. The monoisotopic (exact) mass is 215 g/mol. The zero-order chi connectivity index (χ0) is 12.1. The van der Waals surface area contributed by atoms with Crippen molar-refractivity contribution in [2.75, 3.05) is 0 Å². The minimum Gasteiger partial charge on any atom is -0.479 e. The molecule has 0 aliphatic rings. The summed E-state index contributed by atoms with van der Waals surface area (Å²) in [5.74, 6) is -3.98. The van der Waals surface area contributed by atoms with Gasteiger partial charge in [-0.2, -0.15) is 0 Å². The first-order valence-corrected chi connectivity index (χ1v) is 4.30. The Kier molecular flexibility index (Phi) is 4.50.